The Labute approximate surface area is 269 Å². The summed E-state index contributed by atoms with van der Waals surface area (Å²) in [5, 5.41) is 3.80. The molecule has 230 valence electrons. The second-order valence-electron chi connectivity index (χ2n) is 10.5. The molecule has 0 saturated heterocycles. The minimum atomic E-state index is -4.21. The van der Waals surface area contributed by atoms with Crippen molar-refractivity contribution in [3.8, 4) is 0 Å². The van der Waals surface area contributed by atoms with E-state index in [-0.39, 0.29) is 23.8 Å². The molecule has 0 fully saturated rings. The fourth-order valence-electron chi connectivity index (χ4n) is 4.80. The van der Waals surface area contributed by atoms with Gasteiger partial charge in [-0.2, -0.15) is 0 Å². The number of halogens is 2. The van der Waals surface area contributed by atoms with Crippen molar-refractivity contribution in [2.75, 3.05) is 17.4 Å². The molecule has 0 heterocycles. The second kappa shape index (κ2) is 15.2. The van der Waals surface area contributed by atoms with Crippen LogP contribution in [-0.2, 0) is 32.6 Å². The first-order valence-corrected chi connectivity index (χ1v) is 16.5. The minimum Gasteiger partial charge on any atom is -0.354 e. The van der Waals surface area contributed by atoms with E-state index >= 15 is 0 Å². The van der Waals surface area contributed by atoms with Crippen molar-refractivity contribution in [2.45, 2.75) is 44.2 Å². The van der Waals surface area contributed by atoms with Crippen LogP contribution in [0.5, 0.6) is 0 Å². The zero-order chi connectivity index (χ0) is 31.7. The fraction of sp³-hybridized carbons (Fsp3) is 0.235. The molecule has 4 rings (SSSR count). The van der Waals surface area contributed by atoms with Gasteiger partial charge in [0.1, 0.15) is 12.6 Å². The maximum absolute atomic E-state index is 14.4. The highest BCUT2D eigenvalue weighted by Gasteiger charge is 2.34. The smallest absolute Gasteiger partial charge is 0.264 e. The van der Waals surface area contributed by atoms with Crippen molar-refractivity contribution in [3.05, 3.63) is 130 Å². The Bertz CT molecular complexity index is 1680. The summed E-state index contributed by atoms with van der Waals surface area (Å²) in [6.07, 6.45) is 0.948. The van der Waals surface area contributed by atoms with E-state index in [4.69, 9.17) is 23.2 Å². The lowest BCUT2D eigenvalue weighted by molar-refractivity contribution is -0.140. The molecule has 0 unspecified atom stereocenters. The van der Waals surface area contributed by atoms with Gasteiger partial charge in [-0.15, -0.1) is 0 Å². The molecule has 0 aliphatic rings. The third-order valence-electron chi connectivity index (χ3n) is 7.03. The minimum absolute atomic E-state index is 0.0147. The number of anilines is 1. The SMILES string of the molecule is CCCNC(=O)[C@H](Cc1ccccc1)N(Cc1cccc(Cl)c1)C(=O)CN(c1cccc(C)c1)S(=O)(=O)c1ccc(Cl)cc1. The Kier molecular flexibility index (Phi) is 11.4. The summed E-state index contributed by atoms with van der Waals surface area (Å²) in [5.74, 6) is -0.870. The molecule has 4 aromatic rings. The van der Waals surface area contributed by atoms with Crippen molar-refractivity contribution >= 4 is 50.7 Å². The lowest BCUT2D eigenvalue weighted by atomic mass is 10.0. The summed E-state index contributed by atoms with van der Waals surface area (Å²) >= 11 is 12.3. The first kappa shape index (κ1) is 33.1. The highest BCUT2D eigenvalue weighted by molar-refractivity contribution is 7.92. The second-order valence-corrected chi connectivity index (χ2v) is 13.2. The number of carbonyl (C=O) groups is 2. The van der Waals surface area contributed by atoms with Crippen LogP contribution in [0.4, 0.5) is 5.69 Å². The molecule has 4 aromatic carbocycles. The van der Waals surface area contributed by atoms with Gasteiger partial charge in [0.2, 0.25) is 11.8 Å². The summed E-state index contributed by atoms with van der Waals surface area (Å²) < 4.78 is 29.2. The zero-order valence-electron chi connectivity index (χ0n) is 24.6. The highest BCUT2D eigenvalue weighted by Crippen LogP contribution is 2.27. The van der Waals surface area contributed by atoms with E-state index in [0.717, 1.165) is 15.4 Å². The molecule has 2 amide bonds. The van der Waals surface area contributed by atoms with Crippen LogP contribution in [-0.4, -0.2) is 44.3 Å². The molecule has 44 heavy (non-hydrogen) atoms. The van der Waals surface area contributed by atoms with Gasteiger partial charge in [0, 0.05) is 29.6 Å². The van der Waals surface area contributed by atoms with Gasteiger partial charge in [-0.3, -0.25) is 13.9 Å². The molecule has 0 radical (unpaired) electrons. The maximum atomic E-state index is 14.4. The Morgan fingerprint density at radius 3 is 2.16 bits per heavy atom. The van der Waals surface area contributed by atoms with E-state index in [0.29, 0.717) is 34.3 Å². The Balaban J connectivity index is 1.80. The van der Waals surface area contributed by atoms with Crippen LogP contribution in [0.1, 0.15) is 30.0 Å². The number of hydrogen-bond acceptors (Lipinski definition) is 4. The van der Waals surface area contributed by atoms with E-state index in [1.54, 1.807) is 36.4 Å². The maximum Gasteiger partial charge on any atom is 0.264 e. The van der Waals surface area contributed by atoms with Gasteiger partial charge in [-0.1, -0.05) is 84.7 Å². The Hall–Kier alpha value is -3.85. The summed E-state index contributed by atoms with van der Waals surface area (Å²) in [7, 11) is -4.21. The molecule has 0 aromatic heterocycles. The van der Waals surface area contributed by atoms with Crippen molar-refractivity contribution in [1.29, 1.82) is 0 Å². The number of hydrogen-bond donors (Lipinski definition) is 1. The van der Waals surface area contributed by atoms with Crippen LogP contribution in [0.3, 0.4) is 0 Å². The molecule has 10 heteroatoms. The number of sulfonamides is 1. The lowest BCUT2D eigenvalue weighted by Gasteiger charge is -2.34. The highest BCUT2D eigenvalue weighted by atomic mass is 35.5. The van der Waals surface area contributed by atoms with Gasteiger partial charge in [-0.25, -0.2) is 8.42 Å². The number of rotatable bonds is 13. The lowest BCUT2D eigenvalue weighted by Crippen LogP contribution is -2.53. The van der Waals surface area contributed by atoms with Crippen LogP contribution < -0.4 is 9.62 Å². The first-order valence-electron chi connectivity index (χ1n) is 14.3. The molecule has 0 bridgehead atoms. The number of aryl methyl sites for hydroxylation is 1. The van der Waals surface area contributed by atoms with Crippen molar-refractivity contribution in [1.82, 2.24) is 10.2 Å². The van der Waals surface area contributed by atoms with Crippen LogP contribution in [0, 0.1) is 6.92 Å². The van der Waals surface area contributed by atoms with Crippen LogP contribution in [0.2, 0.25) is 10.0 Å². The molecule has 7 nitrogen and oxygen atoms in total. The number of nitrogens with one attached hydrogen (secondary N) is 1. The normalized spacial score (nSPS) is 11.9. The van der Waals surface area contributed by atoms with Crippen LogP contribution >= 0.6 is 23.2 Å². The quantitative estimate of drug-likeness (QED) is 0.175. The fourth-order valence-corrected chi connectivity index (χ4v) is 6.54. The molecule has 0 aliphatic carbocycles. The summed E-state index contributed by atoms with van der Waals surface area (Å²) in [4.78, 5) is 29.5. The van der Waals surface area contributed by atoms with Gasteiger partial charge in [0.05, 0.1) is 10.6 Å². The number of benzene rings is 4. The van der Waals surface area contributed by atoms with E-state index in [2.05, 4.69) is 5.32 Å². The van der Waals surface area contributed by atoms with Crippen LogP contribution in [0.15, 0.2) is 108 Å². The zero-order valence-corrected chi connectivity index (χ0v) is 26.9. The van der Waals surface area contributed by atoms with Gasteiger partial charge < -0.3 is 10.2 Å². The topological polar surface area (TPSA) is 86.8 Å². The largest absolute Gasteiger partial charge is 0.354 e. The summed E-state index contributed by atoms with van der Waals surface area (Å²) in [5.41, 5.74) is 2.71. The molecule has 0 saturated carbocycles. The average molecular weight is 653 g/mol. The van der Waals surface area contributed by atoms with Gasteiger partial charge in [0.15, 0.2) is 0 Å². The van der Waals surface area contributed by atoms with Gasteiger partial charge in [-0.05, 0) is 78.6 Å². The summed E-state index contributed by atoms with van der Waals surface area (Å²) in [6, 6.07) is 28.3. The number of amides is 2. The first-order chi connectivity index (χ1) is 21.1. The van der Waals surface area contributed by atoms with E-state index in [1.165, 1.54) is 29.2 Å². The molecule has 0 aliphatic heterocycles. The molecular formula is C34H35Cl2N3O4S. The van der Waals surface area contributed by atoms with Crippen molar-refractivity contribution in [2.24, 2.45) is 0 Å². The molecule has 0 spiro atoms. The number of carbonyl (C=O) groups excluding carboxylic acids is 2. The summed E-state index contributed by atoms with van der Waals surface area (Å²) in [6.45, 7) is 3.73. The van der Waals surface area contributed by atoms with E-state index in [1.807, 2.05) is 56.3 Å². The predicted octanol–water partition coefficient (Wildman–Crippen LogP) is 6.66. The Morgan fingerprint density at radius 2 is 1.50 bits per heavy atom. The molecule has 1 N–H and O–H groups in total. The molecule has 1 atom stereocenters. The van der Waals surface area contributed by atoms with Crippen molar-refractivity contribution in [3.63, 3.8) is 0 Å². The standard InChI is InChI=1S/C34H35Cl2N3O4S/c1-3-19-37-34(41)32(22-26-10-5-4-6-11-26)38(23-27-12-8-13-29(36)21-27)33(40)24-39(30-14-7-9-25(2)20-30)44(42,43)31-17-15-28(35)16-18-31/h4-18,20-21,32H,3,19,22-24H2,1-2H3,(H,37,41)/t32-/m0/s1. The van der Waals surface area contributed by atoms with Gasteiger partial charge in [0.25, 0.3) is 10.0 Å². The van der Waals surface area contributed by atoms with Gasteiger partial charge >= 0.3 is 0 Å². The number of nitrogens with zero attached hydrogens (tertiary/aromatic N) is 2. The average Bonchev–Trinajstić information content (AvgIpc) is 3.01. The van der Waals surface area contributed by atoms with E-state index in [9.17, 15) is 18.0 Å². The predicted molar refractivity (Wildman–Crippen MR) is 176 cm³/mol. The third-order valence-corrected chi connectivity index (χ3v) is 9.31. The van der Waals surface area contributed by atoms with E-state index < -0.39 is 28.5 Å². The third kappa shape index (κ3) is 8.62. The Morgan fingerprint density at radius 1 is 0.818 bits per heavy atom. The molecular weight excluding hydrogens is 617 g/mol. The van der Waals surface area contributed by atoms with Crippen LogP contribution in [0.25, 0.3) is 0 Å². The monoisotopic (exact) mass is 651 g/mol. The van der Waals surface area contributed by atoms with Crippen molar-refractivity contribution < 1.29 is 18.0 Å².